The van der Waals surface area contributed by atoms with Crippen molar-refractivity contribution in [3.05, 3.63) is 18.9 Å². The summed E-state index contributed by atoms with van der Waals surface area (Å²) < 4.78 is 4.85. The van der Waals surface area contributed by atoms with E-state index in [0.29, 0.717) is 31.1 Å². The van der Waals surface area contributed by atoms with E-state index in [0.717, 1.165) is 0 Å². The minimum atomic E-state index is -0.192. The molecule has 0 bridgehead atoms. The molecule has 0 aromatic carbocycles. The van der Waals surface area contributed by atoms with Crippen molar-refractivity contribution in [1.29, 1.82) is 0 Å². The lowest BCUT2D eigenvalue weighted by Gasteiger charge is -2.18. The predicted molar refractivity (Wildman–Crippen MR) is 59.0 cm³/mol. The Morgan fingerprint density at radius 1 is 1.81 bits per heavy atom. The number of carbonyl (C=O) groups is 1. The molecule has 0 radical (unpaired) electrons. The Hall–Kier alpha value is -2.02. The Morgan fingerprint density at radius 2 is 2.62 bits per heavy atom. The van der Waals surface area contributed by atoms with Crippen LogP contribution >= 0.6 is 0 Å². The van der Waals surface area contributed by atoms with E-state index in [1.807, 2.05) is 0 Å². The van der Waals surface area contributed by atoms with E-state index < -0.39 is 0 Å². The average molecular weight is 223 g/mol. The number of urea groups is 1. The fourth-order valence-corrected chi connectivity index (χ4v) is 1.52. The molecule has 1 aromatic rings. The highest BCUT2D eigenvalue weighted by Crippen LogP contribution is 2.27. The van der Waals surface area contributed by atoms with Gasteiger partial charge in [0.05, 0.1) is 6.54 Å². The highest BCUT2D eigenvalue weighted by molar-refractivity contribution is 5.95. The first-order valence-electron chi connectivity index (χ1n) is 4.87. The number of carbonyl (C=O) groups excluding carboxylic acids is 1. The lowest BCUT2D eigenvalue weighted by Crippen LogP contribution is -2.34. The molecule has 1 aliphatic rings. The molecule has 0 atom stereocenters. The maximum Gasteiger partial charge on any atom is 0.323 e. The number of hydrogen-bond acceptors (Lipinski definition) is 5. The molecule has 1 fully saturated rings. The SMILES string of the molecule is C=CCN(N)c1conc1N1CCNC1=O. The van der Waals surface area contributed by atoms with Crippen LogP contribution in [0.15, 0.2) is 23.4 Å². The molecule has 86 valence electrons. The molecule has 2 heterocycles. The first-order valence-corrected chi connectivity index (χ1v) is 4.87. The maximum absolute atomic E-state index is 11.5. The quantitative estimate of drug-likeness (QED) is 0.428. The predicted octanol–water partition coefficient (Wildman–Crippen LogP) is 0.0703. The van der Waals surface area contributed by atoms with Crippen LogP contribution in [0.4, 0.5) is 16.3 Å². The molecule has 0 spiro atoms. The molecule has 1 aromatic heterocycles. The molecular weight excluding hydrogens is 210 g/mol. The Bertz CT molecular complexity index is 402. The molecule has 0 saturated carbocycles. The third-order valence-electron chi connectivity index (χ3n) is 2.28. The van der Waals surface area contributed by atoms with Gasteiger partial charge >= 0.3 is 6.03 Å². The van der Waals surface area contributed by atoms with E-state index in [-0.39, 0.29) is 6.03 Å². The molecule has 0 unspecified atom stereocenters. The zero-order valence-electron chi connectivity index (χ0n) is 8.72. The van der Waals surface area contributed by atoms with E-state index in [1.165, 1.54) is 16.2 Å². The molecule has 1 saturated heterocycles. The number of nitrogens with two attached hydrogens (primary N) is 1. The third-order valence-corrected chi connectivity index (χ3v) is 2.28. The molecule has 3 N–H and O–H groups in total. The van der Waals surface area contributed by atoms with Gasteiger partial charge in [-0.15, -0.1) is 6.58 Å². The first-order chi connectivity index (χ1) is 7.74. The van der Waals surface area contributed by atoms with Crippen molar-refractivity contribution in [2.45, 2.75) is 0 Å². The van der Waals surface area contributed by atoms with Crippen LogP contribution in [0.1, 0.15) is 0 Å². The summed E-state index contributed by atoms with van der Waals surface area (Å²) in [6.45, 7) is 5.19. The summed E-state index contributed by atoms with van der Waals surface area (Å²) in [6, 6.07) is -0.192. The second-order valence-corrected chi connectivity index (χ2v) is 3.35. The van der Waals surface area contributed by atoms with Crippen molar-refractivity contribution in [2.75, 3.05) is 29.5 Å². The monoisotopic (exact) mass is 223 g/mol. The smallest absolute Gasteiger partial charge is 0.323 e. The Kier molecular flexibility index (Phi) is 2.78. The van der Waals surface area contributed by atoms with Crippen molar-refractivity contribution >= 4 is 17.5 Å². The molecule has 2 amide bonds. The van der Waals surface area contributed by atoms with Crippen molar-refractivity contribution in [3.63, 3.8) is 0 Å². The zero-order valence-corrected chi connectivity index (χ0v) is 8.72. The molecule has 16 heavy (non-hydrogen) atoms. The van der Waals surface area contributed by atoms with Crippen molar-refractivity contribution in [3.8, 4) is 0 Å². The van der Waals surface area contributed by atoms with Gasteiger partial charge in [0.25, 0.3) is 0 Å². The van der Waals surface area contributed by atoms with Gasteiger partial charge in [-0.25, -0.2) is 10.6 Å². The van der Waals surface area contributed by atoms with Crippen molar-refractivity contribution < 1.29 is 9.32 Å². The molecular formula is C9H13N5O2. The summed E-state index contributed by atoms with van der Waals surface area (Å²) in [4.78, 5) is 12.9. The van der Waals surface area contributed by atoms with Crippen LogP contribution in [-0.2, 0) is 0 Å². The molecule has 0 aliphatic carbocycles. The number of nitrogens with one attached hydrogen (secondary N) is 1. The lowest BCUT2D eigenvalue weighted by molar-refractivity contribution is 0.251. The maximum atomic E-state index is 11.5. The van der Waals surface area contributed by atoms with Gasteiger partial charge in [0.1, 0.15) is 5.69 Å². The number of amides is 2. The van der Waals surface area contributed by atoms with Gasteiger partial charge in [-0.2, -0.15) is 0 Å². The van der Waals surface area contributed by atoms with Crippen LogP contribution in [0.2, 0.25) is 0 Å². The van der Waals surface area contributed by atoms with Gasteiger partial charge in [-0.3, -0.25) is 4.90 Å². The number of nitrogens with zero attached hydrogens (tertiary/aromatic N) is 3. The molecule has 7 nitrogen and oxygen atoms in total. The van der Waals surface area contributed by atoms with E-state index in [4.69, 9.17) is 10.4 Å². The standard InChI is InChI=1S/C9H13N5O2/c1-2-4-14(10)7-6-16-12-8(7)13-5-3-11-9(13)15/h2,6H,1,3-5,10H2,(H,11,15). The van der Waals surface area contributed by atoms with Gasteiger partial charge in [0, 0.05) is 13.1 Å². The average Bonchev–Trinajstić information content (AvgIpc) is 2.85. The summed E-state index contributed by atoms with van der Waals surface area (Å²) in [5.41, 5.74) is 0.567. The normalized spacial score (nSPS) is 15.1. The summed E-state index contributed by atoms with van der Waals surface area (Å²) in [7, 11) is 0. The fourth-order valence-electron chi connectivity index (χ4n) is 1.52. The van der Waals surface area contributed by atoms with Crippen LogP contribution in [0.3, 0.4) is 0 Å². The second kappa shape index (κ2) is 4.23. The largest absolute Gasteiger partial charge is 0.360 e. The van der Waals surface area contributed by atoms with E-state index in [2.05, 4.69) is 17.1 Å². The first kappa shape index (κ1) is 10.5. The number of hydrazine groups is 1. The molecule has 2 rings (SSSR count). The molecule has 7 heteroatoms. The van der Waals surface area contributed by atoms with Crippen LogP contribution in [0.25, 0.3) is 0 Å². The highest BCUT2D eigenvalue weighted by Gasteiger charge is 2.27. The minimum Gasteiger partial charge on any atom is -0.360 e. The van der Waals surface area contributed by atoms with Gasteiger partial charge < -0.3 is 14.8 Å². The van der Waals surface area contributed by atoms with E-state index in [9.17, 15) is 4.79 Å². The Morgan fingerprint density at radius 3 is 3.25 bits per heavy atom. The number of anilines is 2. The van der Waals surface area contributed by atoms with Crippen LogP contribution < -0.4 is 21.1 Å². The van der Waals surface area contributed by atoms with Gasteiger partial charge in [0.2, 0.25) is 5.82 Å². The summed E-state index contributed by atoms with van der Waals surface area (Å²) in [6.07, 6.45) is 3.06. The summed E-state index contributed by atoms with van der Waals surface area (Å²) >= 11 is 0. The topological polar surface area (TPSA) is 87.6 Å². The van der Waals surface area contributed by atoms with Crippen LogP contribution in [-0.4, -0.2) is 30.8 Å². The highest BCUT2D eigenvalue weighted by atomic mass is 16.5. The van der Waals surface area contributed by atoms with Gasteiger partial charge in [0.15, 0.2) is 6.26 Å². The number of aromatic nitrogens is 1. The van der Waals surface area contributed by atoms with Crippen molar-refractivity contribution in [1.82, 2.24) is 10.5 Å². The zero-order chi connectivity index (χ0) is 11.5. The summed E-state index contributed by atoms with van der Waals surface area (Å²) in [5, 5.41) is 7.89. The number of rotatable bonds is 4. The fraction of sp³-hybridized carbons (Fsp3) is 0.333. The van der Waals surface area contributed by atoms with Crippen LogP contribution in [0, 0.1) is 0 Å². The molecule has 1 aliphatic heterocycles. The summed E-state index contributed by atoms with van der Waals surface area (Å²) in [5.74, 6) is 6.20. The minimum absolute atomic E-state index is 0.192. The Labute approximate surface area is 92.4 Å². The van der Waals surface area contributed by atoms with Gasteiger partial charge in [-0.1, -0.05) is 11.2 Å². The van der Waals surface area contributed by atoms with Gasteiger partial charge in [-0.05, 0) is 0 Å². The van der Waals surface area contributed by atoms with E-state index >= 15 is 0 Å². The lowest BCUT2D eigenvalue weighted by atomic mass is 10.4. The third kappa shape index (κ3) is 1.72. The second-order valence-electron chi connectivity index (χ2n) is 3.35. The van der Waals surface area contributed by atoms with E-state index in [1.54, 1.807) is 6.08 Å². The van der Waals surface area contributed by atoms with Crippen molar-refractivity contribution in [2.24, 2.45) is 5.84 Å². The Balaban J connectivity index is 2.24. The van der Waals surface area contributed by atoms with Crippen LogP contribution in [0.5, 0.6) is 0 Å². The number of hydrogen-bond donors (Lipinski definition) is 2.